The maximum absolute atomic E-state index is 6.11. The summed E-state index contributed by atoms with van der Waals surface area (Å²) in [6, 6.07) is 25.8. The van der Waals surface area contributed by atoms with Crippen LogP contribution in [0.2, 0.25) is 0 Å². The van der Waals surface area contributed by atoms with Gasteiger partial charge >= 0.3 is 0 Å². The van der Waals surface area contributed by atoms with Gasteiger partial charge in [-0.1, -0.05) is 101 Å². The van der Waals surface area contributed by atoms with Crippen LogP contribution in [0.5, 0.6) is 11.5 Å². The predicted molar refractivity (Wildman–Crippen MR) is 155 cm³/mol. The molecule has 3 rings (SSSR count). The van der Waals surface area contributed by atoms with Crippen molar-refractivity contribution in [1.29, 1.82) is 0 Å². The van der Waals surface area contributed by atoms with Crippen molar-refractivity contribution in [3.63, 3.8) is 0 Å². The van der Waals surface area contributed by atoms with Crippen molar-refractivity contribution >= 4 is 0 Å². The fourth-order valence-electron chi connectivity index (χ4n) is 4.61. The number of unbranched alkanes of at least 4 members (excludes halogenated alkanes) is 6. The maximum atomic E-state index is 6.11. The van der Waals surface area contributed by atoms with E-state index < -0.39 is 0 Å². The molecule has 0 N–H and O–H groups in total. The Morgan fingerprint density at radius 3 is 1.06 bits per heavy atom. The van der Waals surface area contributed by atoms with Crippen molar-refractivity contribution < 1.29 is 9.47 Å². The van der Waals surface area contributed by atoms with E-state index in [0.29, 0.717) is 0 Å². The maximum Gasteiger partial charge on any atom is 0.119 e. The molecule has 2 atom stereocenters. The number of benzene rings is 3. The molecule has 0 unspecified atom stereocenters. The van der Waals surface area contributed by atoms with Gasteiger partial charge in [0.15, 0.2) is 0 Å². The SMILES string of the molecule is CCCCCC[C@H](C)Oc1ccc(-c2ccc(-c3ccc(O[C@@H](C)CCCCCC)cc3)cc2)cc1. The van der Waals surface area contributed by atoms with Crippen LogP contribution in [-0.4, -0.2) is 12.2 Å². The van der Waals surface area contributed by atoms with E-state index in [1.165, 1.54) is 73.6 Å². The summed E-state index contributed by atoms with van der Waals surface area (Å²) < 4.78 is 12.2. The molecule has 0 heterocycles. The van der Waals surface area contributed by atoms with E-state index in [2.05, 4.69) is 100 Å². The molecule has 0 spiro atoms. The minimum Gasteiger partial charge on any atom is -0.491 e. The highest BCUT2D eigenvalue weighted by atomic mass is 16.5. The third-order valence-electron chi connectivity index (χ3n) is 6.86. The molecule has 3 aromatic carbocycles. The molecule has 3 aromatic rings. The highest BCUT2D eigenvalue weighted by molar-refractivity contribution is 5.71. The Morgan fingerprint density at radius 1 is 0.444 bits per heavy atom. The summed E-state index contributed by atoms with van der Waals surface area (Å²) in [6.07, 6.45) is 13.0. The molecule has 0 aliphatic heterocycles. The molecule has 0 bridgehead atoms. The summed E-state index contributed by atoms with van der Waals surface area (Å²) >= 11 is 0. The summed E-state index contributed by atoms with van der Waals surface area (Å²) in [5, 5.41) is 0. The average molecular weight is 487 g/mol. The molecule has 0 fully saturated rings. The second-order valence-corrected chi connectivity index (χ2v) is 10.2. The highest BCUT2D eigenvalue weighted by Gasteiger charge is 2.07. The molecule has 0 radical (unpaired) electrons. The molecule has 194 valence electrons. The number of rotatable bonds is 16. The third-order valence-corrected chi connectivity index (χ3v) is 6.86. The van der Waals surface area contributed by atoms with Gasteiger partial charge in [0.1, 0.15) is 11.5 Å². The molecule has 36 heavy (non-hydrogen) atoms. The van der Waals surface area contributed by atoms with Gasteiger partial charge in [0.05, 0.1) is 12.2 Å². The van der Waals surface area contributed by atoms with Crippen LogP contribution in [0, 0.1) is 0 Å². The van der Waals surface area contributed by atoms with E-state index in [4.69, 9.17) is 9.47 Å². The minimum absolute atomic E-state index is 0.262. The third kappa shape index (κ3) is 9.37. The lowest BCUT2D eigenvalue weighted by Gasteiger charge is -2.15. The van der Waals surface area contributed by atoms with Gasteiger partial charge in [0, 0.05) is 0 Å². The first-order chi connectivity index (χ1) is 17.6. The van der Waals surface area contributed by atoms with Crippen LogP contribution in [0.3, 0.4) is 0 Å². The summed E-state index contributed by atoms with van der Waals surface area (Å²) in [6.45, 7) is 8.85. The van der Waals surface area contributed by atoms with Gasteiger partial charge < -0.3 is 9.47 Å². The zero-order chi connectivity index (χ0) is 25.6. The Balaban J connectivity index is 1.51. The lowest BCUT2D eigenvalue weighted by molar-refractivity contribution is 0.206. The number of ether oxygens (including phenoxy) is 2. The van der Waals surface area contributed by atoms with E-state index in [0.717, 1.165) is 24.3 Å². The fraction of sp³-hybridized carbons (Fsp3) is 0.471. The van der Waals surface area contributed by atoms with E-state index in [1.807, 2.05) is 0 Å². The second-order valence-electron chi connectivity index (χ2n) is 10.2. The smallest absolute Gasteiger partial charge is 0.119 e. The topological polar surface area (TPSA) is 18.5 Å². The molecule has 0 aliphatic rings. The van der Waals surface area contributed by atoms with Gasteiger partial charge in [-0.2, -0.15) is 0 Å². The predicted octanol–water partition coefficient (Wildman–Crippen LogP) is 10.5. The number of hydrogen-bond donors (Lipinski definition) is 0. The van der Waals surface area contributed by atoms with Crippen LogP contribution in [0.15, 0.2) is 72.8 Å². The van der Waals surface area contributed by atoms with Crippen LogP contribution < -0.4 is 9.47 Å². The van der Waals surface area contributed by atoms with E-state index in [9.17, 15) is 0 Å². The van der Waals surface area contributed by atoms with Crippen LogP contribution in [0.1, 0.15) is 91.9 Å². The summed E-state index contributed by atoms with van der Waals surface area (Å²) in [5.74, 6) is 1.91. The fourth-order valence-corrected chi connectivity index (χ4v) is 4.61. The van der Waals surface area contributed by atoms with Crippen LogP contribution in [0.4, 0.5) is 0 Å². The normalized spacial score (nSPS) is 12.8. The van der Waals surface area contributed by atoms with Crippen LogP contribution in [-0.2, 0) is 0 Å². The summed E-state index contributed by atoms with van der Waals surface area (Å²) in [5.41, 5.74) is 4.85. The van der Waals surface area contributed by atoms with Crippen molar-refractivity contribution in [1.82, 2.24) is 0 Å². The van der Waals surface area contributed by atoms with E-state index in [1.54, 1.807) is 0 Å². The van der Waals surface area contributed by atoms with E-state index in [-0.39, 0.29) is 12.2 Å². The first-order valence-electron chi connectivity index (χ1n) is 14.2. The minimum atomic E-state index is 0.262. The van der Waals surface area contributed by atoms with Crippen molar-refractivity contribution in [3.8, 4) is 33.8 Å². The molecule has 0 saturated carbocycles. The van der Waals surface area contributed by atoms with Crippen molar-refractivity contribution in [2.75, 3.05) is 0 Å². The van der Waals surface area contributed by atoms with Gasteiger partial charge in [-0.05, 0) is 86.1 Å². The van der Waals surface area contributed by atoms with Crippen molar-refractivity contribution in [2.24, 2.45) is 0 Å². The van der Waals surface area contributed by atoms with Gasteiger partial charge in [0.25, 0.3) is 0 Å². The number of hydrogen-bond acceptors (Lipinski definition) is 2. The Morgan fingerprint density at radius 2 is 0.750 bits per heavy atom. The Labute approximate surface area is 220 Å². The summed E-state index contributed by atoms with van der Waals surface area (Å²) in [4.78, 5) is 0. The van der Waals surface area contributed by atoms with E-state index >= 15 is 0 Å². The van der Waals surface area contributed by atoms with Crippen molar-refractivity contribution in [3.05, 3.63) is 72.8 Å². The summed E-state index contributed by atoms with van der Waals surface area (Å²) in [7, 11) is 0. The molecule has 0 saturated heterocycles. The zero-order valence-electron chi connectivity index (χ0n) is 23.0. The van der Waals surface area contributed by atoms with Crippen LogP contribution >= 0.6 is 0 Å². The van der Waals surface area contributed by atoms with Gasteiger partial charge in [-0.25, -0.2) is 0 Å². The Hall–Kier alpha value is -2.74. The zero-order valence-corrected chi connectivity index (χ0v) is 23.0. The Bertz CT molecular complexity index is 891. The van der Waals surface area contributed by atoms with Crippen molar-refractivity contribution in [2.45, 2.75) is 104 Å². The second kappa shape index (κ2) is 15.4. The highest BCUT2D eigenvalue weighted by Crippen LogP contribution is 2.28. The van der Waals surface area contributed by atoms with Gasteiger partial charge in [-0.3, -0.25) is 0 Å². The molecule has 2 heteroatoms. The molecule has 0 aliphatic carbocycles. The standard InChI is InChI=1S/C34H46O2/c1-5-7-9-11-13-27(3)35-33-23-19-31(20-24-33)29-15-17-30(18-16-29)32-21-25-34(26-22-32)36-28(4)14-12-10-8-6-2/h15-28H,5-14H2,1-4H3/t27-,28-/m0/s1. The first-order valence-corrected chi connectivity index (χ1v) is 14.2. The lowest BCUT2D eigenvalue weighted by atomic mass is 10.0. The Kier molecular flexibility index (Phi) is 11.9. The van der Waals surface area contributed by atoms with Gasteiger partial charge in [-0.15, -0.1) is 0 Å². The monoisotopic (exact) mass is 486 g/mol. The van der Waals surface area contributed by atoms with Gasteiger partial charge in [0.2, 0.25) is 0 Å². The molecular weight excluding hydrogens is 440 g/mol. The molecule has 0 amide bonds. The largest absolute Gasteiger partial charge is 0.491 e. The molecular formula is C34H46O2. The molecule has 0 aromatic heterocycles. The average Bonchev–Trinajstić information content (AvgIpc) is 2.90. The quantitative estimate of drug-likeness (QED) is 0.187. The van der Waals surface area contributed by atoms with Crippen LogP contribution in [0.25, 0.3) is 22.3 Å². The molecule has 2 nitrogen and oxygen atoms in total. The first kappa shape index (κ1) is 27.8. The lowest BCUT2D eigenvalue weighted by Crippen LogP contribution is -2.11.